The molecule has 98 valence electrons. The number of likely N-dealkylation sites (tertiary alicyclic amines) is 1. The lowest BCUT2D eigenvalue weighted by atomic mass is 9.94. The minimum absolute atomic E-state index is 0.0369. The van der Waals surface area contributed by atoms with Crippen LogP contribution in [0.25, 0.3) is 0 Å². The number of benzene rings is 1. The molecule has 1 amide bonds. The number of hydrogen-bond acceptors (Lipinski definition) is 2. The molecule has 1 aliphatic rings. The van der Waals surface area contributed by atoms with Crippen LogP contribution in [0.3, 0.4) is 0 Å². The highest BCUT2D eigenvalue weighted by Crippen LogP contribution is 2.26. The van der Waals surface area contributed by atoms with Crippen LogP contribution in [-0.2, 0) is 0 Å². The predicted octanol–water partition coefficient (Wildman–Crippen LogP) is 3.31. The van der Waals surface area contributed by atoms with Crippen molar-refractivity contribution in [1.82, 2.24) is 4.90 Å². The van der Waals surface area contributed by atoms with Crippen molar-refractivity contribution >= 4 is 17.5 Å². The number of hydrogen-bond donors (Lipinski definition) is 1. The van der Waals surface area contributed by atoms with Gasteiger partial charge in [0.1, 0.15) is 5.75 Å². The highest BCUT2D eigenvalue weighted by atomic mass is 35.5. The summed E-state index contributed by atoms with van der Waals surface area (Å²) >= 11 is 5.76. The van der Waals surface area contributed by atoms with E-state index in [0.29, 0.717) is 10.6 Å². The summed E-state index contributed by atoms with van der Waals surface area (Å²) in [6.07, 6.45) is 3.28. The Morgan fingerprint density at radius 3 is 2.67 bits per heavy atom. The van der Waals surface area contributed by atoms with Crippen molar-refractivity contribution in [1.29, 1.82) is 0 Å². The lowest BCUT2D eigenvalue weighted by molar-refractivity contribution is 0.0686. The number of aromatic hydroxyl groups is 1. The zero-order valence-electron chi connectivity index (χ0n) is 10.5. The first-order valence-electron chi connectivity index (χ1n) is 6.39. The number of piperidine rings is 1. The number of carbonyl (C=O) groups excluding carboxylic acids is 1. The number of phenols is 1. The molecule has 0 radical (unpaired) electrons. The molecule has 0 saturated carbocycles. The number of halogens is 1. The van der Waals surface area contributed by atoms with Gasteiger partial charge in [0.15, 0.2) is 0 Å². The minimum atomic E-state index is -0.0984. The predicted molar refractivity (Wildman–Crippen MR) is 72.0 cm³/mol. The Labute approximate surface area is 112 Å². The molecule has 2 rings (SSSR count). The molecule has 0 spiro atoms. The van der Waals surface area contributed by atoms with Crippen LogP contribution in [0.4, 0.5) is 0 Å². The van der Waals surface area contributed by atoms with Gasteiger partial charge in [-0.2, -0.15) is 0 Å². The summed E-state index contributed by atoms with van der Waals surface area (Å²) in [5.74, 6) is 0.594. The normalized spacial score (nSPS) is 16.9. The molecule has 0 aliphatic carbocycles. The van der Waals surface area contributed by atoms with Crippen molar-refractivity contribution in [2.45, 2.75) is 26.2 Å². The SMILES string of the molecule is CCC1CCN(C(=O)c2ccc(Cl)cc2O)CC1. The van der Waals surface area contributed by atoms with E-state index in [4.69, 9.17) is 11.6 Å². The first-order valence-corrected chi connectivity index (χ1v) is 6.77. The van der Waals surface area contributed by atoms with E-state index in [1.54, 1.807) is 12.1 Å². The van der Waals surface area contributed by atoms with Gasteiger partial charge in [0.25, 0.3) is 5.91 Å². The van der Waals surface area contributed by atoms with Crippen molar-refractivity contribution in [2.75, 3.05) is 13.1 Å². The fourth-order valence-electron chi connectivity index (χ4n) is 2.40. The monoisotopic (exact) mass is 267 g/mol. The van der Waals surface area contributed by atoms with Crippen molar-refractivity contribution < 1.29 is 9.90 Å². The van der Waals surface area contributed by atoms with Crippen LogP contribution in [0, 0.1) is 5.92 Å². The molecule has 0 unspecified atom stereocenters. The number of phenolic OH excluding ortho intramolecular Hbond substituents is 1. The average Bonchev–Trinajstić information content (AvgIpc) is 2.38. The third kappa shape index (κ3) is 2.78. The zero-order valence-corrected chi connectivity index (χ0v) is 11.3. The summed E-state index contributed by atoms with van der Waals surface area (Å²) in [7, 11) is 0. The summed E-state index contributed by atoms with van der Waals surface area (Å²) in [4.78, 5) is 14.1. The summed E-state index contributed by atoms with van der Waals surface area (Å²) in [5.41, 5.74) is 0.342. The van der Waals surface area contributed by atoms with Gasteiger partial charge in [-0.15, -0.1) is 0 Å². The van der Waals surface area contributed by atoms with E-state index in [9.17, 15) is 9.90 Å². The Bertz CT molecular complexity index is 439. The van der Waals surface area contributed by atoms with E-state index in [-0.39, 0.29) is 11.7 Å². The van der Waals surface area contributed by atoms with Crippen LogP contribution in [0.1, 0.15) is 36.5 Å². The molecular weight excluding hydrogens is 250 g/mol. The topological polar surface area (TPSA) is 40.5 Å². The lowest BCUT2D eigenvalue weighted by Gasteiger charge is -2.31. The van der Waals surface area contributed by atoms with Gasteiger partial charge in [-0.25, -0.2) is 0 Å². The number of amides is 1. The maximum Gasteiger partial charge on any atom is 0.257 e. The van der Waals surface area contributed by atoms with Crippen molar-refractivity contribution in [3.05, 3.63) is 28.8 Å². The average molecular weight is 268 g/mol. The Morgan fingerprint density at radius 1 is 1.44 bits per heavy atom. The molecule has 18 heavy (non-hydrogen) atoms. The van der Waals surface area contributed by atoms with Crippen LogP contribution in [-0.4, -0.2) is 29.0 Å². The molecule has 1 aromatic rings. The van der Waals surface area contributed by atoms with Gasteiger partial charge in [-0.05, 0) is 37.0 Å². The Morgan fingerprint density at radius 2 is 2.11 bits per heavy atom. The number of rotatable bonds is 2. The maximum atomic E-state index is 12.2. The summed E-state index contributed by atoms with van der Waals surface area (Å²) in [5, 5.41) is 10.2. The quantitative estimate of drug-likeness (QED) is 0.893. The molecule has 3 nitrogen and oxygen atoms in total. The Hall–Kier alpha value is -1.22. The second kappa shape index (κ2) is 5.61. The molecule has 1 aliphatic heterocycles. The number of nitrogens with zero attached hydrogens (tertiary/aromatic N) is 1. The van der Waals surface area contributed by atoms with Crippen LogP contribution < -0.4 is 0 Å². The van der Waals surface area contributed by atoms with Crippen LogP contribution in [0.5, 0.6) is 5.75 Å². The minimum Gasteiger partial charge on any atom is -0.507 e. The van der Waals surface area contributed by atoms with Gasteiger partial charge in [0, 0.05) is 18.1 Å². The van der Waals surface area contributed by atoms with Gasteiger partial charge in [-0.3, -0.25) is 4.79 Å². The zero-order chi connectivity index (χ0) is 13.1. The Kier molecular flexibility index (Phi) is 4.12. The van der Waals surface area contributed by atoms with Gasteiger partial charge < -0.3 is 10.0 Å². The fraction of sp³-hybridized carbons (Fsp3) is 0.500. The standard InChI is InChI=1S/C14H18ClNO2/c1-2-10-5-7-16(8-6-10)14(18)12-4-3-11(15)9-13(12)17/h3-4,9-10,17H,2,5-8H2,1H3. The molecule has 0 bridgehead atoms. The van der Waals surface area contributed by atoms with E-state index in [2.05, 4.69) is 6.92 Å². The fourth-order valence-corrected chi connectivity index (χ4v) is 2.57. The largest absolute Gasteiger partial charge is 0.507 e. The molecule has 1 N–H and O–H groups in total. The van der Waals surface area contributed by atoms with Crippen LogP contribution in [0.2, 0.25) is 5.02 Å². The van der Waals surface area contributed by atoms with Crippen molar-refractivity contribution in [3.8, 4) is 5.75 Å². The first kappa shape index (κ1) is 13.2. The van der Waals surface area contributed by atoms with Crippen molar-refractivity contribution in [2.24, 2.45) is 5.92 Å². The molecule has 1 fully saturated rings. The van der Waals surface area contributed by atoms with E-state index in [1.165, 1.54) is 12.5 Å². The summed E-state index contributed by atoms with van der Waals surface area (Å²) < 4.78 is 0. The molecule has 1 aromatic carbocycles. The maximum absolute atomic E-state index is 12.2. The third-order valence-corrected chi connectivity index (χ3v) is 3.90. The first-order chi connectivity index (χ1) is 8.61. The van der Waals surface area contributed by atoms with Crippen molar-refractivity contribution in [3.63, 3.8) is 0 Å². The van der Waals surface area contributed by atoms with Gasteiger partial charge in [0.05, 0.1) is 5.56 Å². The third-order valence-electron chi connectivity index (χ3n) is 3.67. The molecule has 0 aromatic heterocycles. The second-order valence-corrected chi connectivity index (χ2v) is 5.24. The van der Waals surface area contributed by atoms with Crippen LogP contribution >= 0.6 is 11.6 Å². The van der Waals surface area contributed by atoms with E-state index >= 15 is 0 Å². The Balaban J connectivity index is 2.08. The lowest BCUT2D eigenvalue weighted by Crippen LogP contribution is -2.38. The second-order valence-electron chi connectivity index (χ2n) is 4.81. The highest BCUT2D eigenvalue weighted by molar-refractivity contribution is 6.30. The molecular formula is C14H18ClNO2. The molecule has 0 atom stereocenters. The highest BCUT2D eigenvalue weighted by Gasteiger charge is 2.24. The van der Waals surface area contributed by atoms with E-state index in [0.717, 1.165) is 31.8 Å². The molecule has 4 heteroatoms. The number of carbonyl (C=O) groups is 1. The van der Waals surface area contributed by atoms with Gasteiger partial charge in [0.2, 0.25) is 0 Å². The van der Waals surface area contributed by atoms with Crippen LogP contribution in [0.15, 0.2) is 18.2 Å². The molecule has 1 saturated heterocycles. The summed E-state index contributed by atoms with van der Waals surface area (Å²) in [6, 6.07) is 4.63. The molecule has 1 heterocycles. The van der Waals surface area contributed by atoms with Gasteiger partial charge in [-0.1, -0.05) is 24.9 Å². The van der Waals surface area contributed by atoms with Gasteiger partial charge >= 0.3 is 0 Å². The smallest absolute Gasteiger partial charge is 0.257 e. The van der Waals surface area contributed by atoms with E-state index < -0.39 is 0 Å². The van der Waals surface area contributed by atoms with E-state index in [1.807, 2.05) is 4.90 Å². The summed E-state index contributed by atoms with van der Waals surface area (Å²) in [6.45, 7) is 3.74.